The average molecular weight is 411 g/mol. The van der Waals surface area contributed by atoms with E-state index in [-0.39, 0.29) is 11.9 Å². The van der Waals surface area contributed by atoms with E-state index >= 15 is 0 Å². The van der Waals surface area contributed by atoms with E-state index < -0.39 is 0 Å². The molecule has 0 saturated heterocycles. The minimum atomic E-state index is -0.0856. The van der Waals surface area contributed by atoms with Crippen LogP contribution in [0.4, 0.5) is 11.6 Å². The van der Waals surface area contributed by atoms with E-state index in [1.165, 1.54) is 0 Å². The van der Waals surface area contributed by atoms with Gasteiger partial charge in [0.15, 0.2) is 0 Å². The number of hydrogen-bond donors (Lipinski definition) is 2. The van der Waals surface area contributed by atoms with Crippen LogP contribution in [0.25, 0.3) is 11.4 Å². The topological polar surface area (TPSA) is 106 Å². The number of rotatable bonds is 2. The Morgan fingerprint density at radius 2 is 2.06 bits per heavy atom. The van der Waals surface area contributed by atoms with E-state index in [4.69, 9.17) is 5.73 Å². The first kappa shape index (κ1) is 18.9. The van der Waals surface area contributed by atoms with Gasteiger partial charge in [-0.2, -0.15) is 0 Å². The quantitative estimate of drug-likeness (QED) is 0.616. The lowest BCUT2D eigenvalue weighted by atomic mass is 10.1. The van der Waals surface area contributed by atoms with E-state index in [0.717, 1.165) is 41.0 Å². The molecule has 8 nitrogen and oxygen atoms in total. The van der Waals surface area contributed by atoms with Gasteiger partial charge >= 0.3 is 6.41 Å². The fourth-order valence-corrected chi connectivity index (χ4v) is 4.15. The lowest BCUT2D eigenvalue weighted by Crippen LogP contribution is -2.31. The lowest BCUT2D eigenvalue weighted by Gasteiger charge is -2.14. The number of anilines is 2. The first-order valence-corrected chi connectivity index (χ1v) is 9.95. The minimum absolute atomic E-state index is 0.0856. The van der Waals surface area contributed by atoms with Gasteiger partial charge < -0.3 is 20.5 Å². The minimum Gasteiger partial charge on any atom is -0.368 e. The third-order valence-electron chi connectivity index (χ3n) is 5.73. The highest BCUT2D eigenvalue weighted by Gasteiger charge is 2.24. The maximum atomic E-state index is 12.2. The molecule has 0 bridgehead atoms. The molecule has 2 aliphatic heterocycles. The van der Waals surface area contributed by atoms with Gasteiger partial charge in [-0.15, -0.1) is 0 Å². The van der Waals surface area contributed by atoms with Crippen molar-refractivity contribution >= 4 is 24.0 Å². The Kier molecular flexibility index (Phi) is 4.44. The van der Waals surface area contributed by atoms with Gasteiger partial charge in [-0.05, 0) is 36.2 Å². The molecule has 2 amide bonds. The molecule has 31 heavy (non-hydrogen) atoms. The Hall–Kier alpha value is -4.12. The monoisotopic (exact) mass is 411 g/mol. The van der Waals surface area contributed by atoms with Crippen LogP contribution in [0.2, 0.25) is 0 Å². The summed E-state index contributed by atoms with van der Waals surface area (Å²) in [6, 6.07) is 7.59. The third-order valence-corrected chi connectivity index (χ3v) is 5.73. The smallest absolute Gasteiger partial charge is 0.316 e. The van der Waals surface area contributed by atoms with Crippen LogP contribution in [0.1, 0.15) is 32.7 Å². The SMILES string of the molecule is Cn1c(-c2nc(N)ncc2C#Cc2ccc3c(c2)CCN3[C]=O)cc2c1CCNC2=O. The molecule has 2 aliphatic rings. The van der Waals surface area contributed by atoms with E-state index in [9.17, 15) is 9.59 Å². The number of nitrogens with one attached hydrogen (secondary N) is 1. The van der Waals surface area contributed by atoms with Crippen LogP contribution >= 0.6 is 0 Å². The summed E-state index contributed by atoms with van der Waals surface area (Å²) in [5, 5.41) is 2.87. The molecule has 1 radical (unpaired) electrons. The molecule has 2 aromatic heterocycles. The maximum Gasteiger partial charge on any atom is 0.316 e. The second-order valence-corrected chi connectivity index (χ2v) is 7.53. The van der Waals surface area contributed by atoms with Crippen molar-refractivity contribution in [2.24, 2.45) is 7.05 Å². The Morgan fingerprint density at radius 3 is 2.87 bits per heavy atom. The van der Waals surface area contributed by atoms with E-state index in [2.05, 4.69) is 27.1 Å². The number of hydrogen-bond acceptors (Lipinski definition) is 5. The number of carbonyl (C=O) groups is 1. The normalized spacial score (nSPS) is 14.4. The number of amides is 2. The van der Waals surface area contributed by atoms with E-state index in [1.807, 2.05) is 42.3 Å². The van der Waals surface area contributed by atoms with Crippen molar-refractivity contribution in [3.63, 3.8) is 0 Å². The summed E-state index contributed by atoms with van der Waals surface area (Å²) in [7, 11) is 1.92. The Labute approximate surface area is 179 Å². The molecule has 0 aliphatic carbocycles. The van der Waals surface area contributed by atoms with Gasteiger partial charge in [0.25, 0.3) is 5.91 Å². The summed E-state index contributed by atoms with van der Waals surface area (Å²) >= 11 is 0. The van der Waals surface area contributed by atoms with Crippen LogP contribution in [-0.4, -0.2) is 39.9 Å². The van der Waals surface area contributed by atoms with Crippen molar-refractivity contribution < 1.29 is 9.59 Å². The van der Waals surface area contributed by atoms with Gasteiger partial charge in [0, 0.05) is 49.7 Å². The standard InChI is InChI=1S/C23H19N6O2/c1-28-19-6-8-25-22(31)17(19)11-20(28)21-16(12-26-23(24)27-21)4-2-14-3-5-18-15(10-14)7-9-29(18)13-30/h3,5,10-12H,6-9H2,1H3,(H,25,31)(H2,24,26,27). The van der Waals surface area contributed by atoms with Gasteiger partial charge in [-0.1, -0.05) is 11.8 Å². The molecule has 0 fully saturated rings. The summed E-state index contributed by atoms with van der Waals surface area (Å²) in [6.45, 7) is 1.25. The fourth-order valence-electron chi connectivity index (χ4n) is 4.15. The van der Waals surface area contributed by atoms with E-state index in [1.54, 1.807) is 11.1 Å². The molecule has 3 N–H and O–H groups in total. The zero-order valence-corrected chi connectivity index (χ0v) is 16.9. The van der Waals surface area contributed by atoms with Crippen LogP contribution < -0.4 is 16.0 Å². The molecule has 5 rings (SSSR count). The average Bonchev–Trinajstić information content (AvgIpc) is 3.34. The van der Waals surface area contributed by atoms with Crippen LogP contribution in [0.15, 0.2) is 30.5 Å². The largest absolute Gasteiger partial charge is 0.368 e. The van der Waals surface area contributed by atoms with Gasteiger partial charge in [0.1, 0.15) is 5.69 Å². The van der Waals surface area contributed by atoms with Gasteiger partial charge in [-0.25, -0.2) is 9.97 Å². The molecule has 8 heteroatoms. The number of nitrogens with zero attached hydrogens (tertiary/aromatic N) is 4. The Bertz CT molecular complexity index is 1300. The number of aromatic nitrogens is 3. The number of benzene rings is 1. The molecule has 0 unspecified atom stereocenters. The summed E-state index contributed by atoms with van der Waals surface area (Å²) in [6.07, 6.45) is 5.09. The molecule has 1 aromatic carbocycles. The van der Waals surface area contributed by atoms with Crippen molar-refractivity contribution in [2.45, 2.75) is 12.8 Å². The predicted octanol–water partition coefficient (Wildman–Crippen LogP) is 1.18. The van der Waals surface area contributed by atoms with Crippen molar-refractivity contribution in [3.05, 3.63) is 58.4 Å². The Balaban J connectivity index is 1.56. The van der Waals surface area contributed by atoms with Crippen molar-refractivity contribution in [2.75, 3.05) is 23.7 Å². The zero-order valence-electron chi connectivity index (χ0n) is 16.9. The summed E-state index contributed by atoms with van der Waals surface area (Å²) < 4.78 is 1.97. The van der Waals surface area contributed by atoms with Gasteiger partial charge in [-0.3, -0.25) is 9.59 Å². The van der Waals surface area contributed by atoms with Gasteiger partial charge in [0.2, 0.25) is 5.95 Å². The summed E-state index contributed by atoms with van der Waals surface area (Å²) in [4.78, 5) is 33.4. The highest BCUT2D eigenvalue weighted by molar-refractivity contribution is 5.98. The van der Waals surface area contributed by atoms with Gasteiger partial charge in [0.05, 0.1) is 16.8 Å². The number of carbonyl (C=O) groups excluding carboxylic acids is 2. The zero-order chi connectivity index (χ0) is 21.5. The Morgan fingerprint density at radius 1 is 1.19 bits per heavy atom. The molecule has 153 valence electrons. The number of nitrogen functional groups attached to an aromatic ring is 1. The molecular weight excluding hydrogens is 392 g/mol. The van der Waals surface area contributed by atoms with Crippen molar-refractivity contribution in [3.8, 4) is 23.2 Å². The number of fused-ring (bicyclic) bond motifs is 2. The van der Waals surface area contributed by atoms with E-state index in [0.29, 0.717) is 29.9 Å². The first-order valence-electron chi connectivity index (χ1n) is 9.95. The summed E-state index contributed by atoms with van der Waals surface area (Å²) in [5.74, 6) is 6.38. The molecule has 0 atom stereocenters. The van der Waals surface area contributed by atoms with Crippen LogP contribution in [0.5, 0.6) is 0 Å². The van der Waals surface area contributed by atoms with Crippen LogP contribution in [0.3, 0.4) is 0 Å². The molecule has 3 aromatic rings. The first-order chi connectivity index (χ1) is 15.0. The van der Waals surface area contributed by atoms with Crippen LogP contribution in [-0.2, 0) is 24.7 Å². The van der Waals surface area contributed by atoms with Crippen LogP contribution in [0, 0.1) is 11.8 Å². The highest BCUT2D eigenvalue weighted by atomic mass is 16.1. The fraction of sp³-hybridized carbons (Fsp3) is 0.217. The van der Waals surface area contributed by atoms with Crippen molar-refractivity contribution in [1.82, 2.24) is 19.9 Å². The third kappa shape index (κ3) is 3.20. The number of nitrogens with two attached hydrogens (primary N) is 1. The molecule has 4 heterocycles. The molecule has 0 spiro atoms. The second-order valence-electron chi connectivity index (χ2n) is 7.53. The summed E-state index contributed by atoms with van der Waals surface area (Å²) in [5.41, 5.74) is 12.2. The molecular formula is C23H19N6O2. The second kappa shape index (κ2) is 7.29. The maximum absolute atomic E-state index is 12.2. The van der Waals surface area contributed by atoms with Crippen molar-refractivity contribution in [1.29, 1.82) is 0 Å². The predicted molar refractivity (Wildman–Crippen MR) is 116 cm³/mol. The highest BCUT2D eigenvalue weighted by Crippen LogP contribution is 2.29. The lowest BCUT2D eigenvalue weighted by molar-refractivity contribution is 0.0945. The molecule has 0 saturated carbocycles.